The van der Waals surface area contributed by atoms with Gasteiger partial charge < -0.3 is 4.42 Å². The molecule has 0 bridgehead atoms. The van der Waals surface area contributed by atoms with Gasteiger partial charge in [-0.2, -0.15) is 0 Å². The van der Waals surface area contributed by atoms with Crippen molar-refractivity contribution < 1.29 is 17.8 Å². The highest BCUT2D eigenvalue weighted by molar-refractivity contribution is 7.89. The number of nitrogens with one attached hydrogen (secondary N) is 1. The Bertz CT molecular complexity index is 1160. The van der Waals surface area contributed by atoms with Crippen molar-refractivity contribution in [2.45, 2.75) is 43.0 Å². The summed E-state index contributed by atoms with van der Waals surface area (Å²) < 4.78 is 34.5. The number of nitro groups is 1. The van der Waals surface area contributed by atoms with E-state index in [1.54, 1.807) is 6.26 Å². The summed E-state index contributed by atoms with van der Waals surface area (Å²) in [5.41, 5.74) is 1.54. The molecule has 0 fully saturated rings. The molecule has 8 heteroatoms. The minimum atomic E-state index is -4.00. The molecule has 1 unspecified atom stereocenters. The Labute approximate surface area is 188 Å². The van der Waals surface area contributed by atoms with Crippen LogP contribution in [0.1, 0.15) is 43.9 Å². The first-order valence-corrected chi connectivity index (χ1v) is 11.9. The van der Waals surface area contributed by atoms with Gasteiger partial charge in [0.15, 0.2) is 0 Å². The van der Waals surface area contributed by atoms with Crippen molar-refractivity contribution in [3.8, 4) is 11.1 Å². The van der Waals surface area contributed by atoms with Gasteiger partial charge in [0.05, 0.1) is 22.1 Å². The Morgan fingerprint density at radius 2 is 1.81 bits per heavy atom. The number of unbranched alkanes of at least 4 members (excludes halogenated alkanes) is 3. The highest BCUT2D eigenvalue weighted by Gasteiger charge is 2.25. The Kier molecular flexibility index (Phi) is 7.97. The smallest absolute Gasteiger partial charge is 0.270 e. The highest BCUT2D eigenvalue weighted by Crippen LogP contribution is 2.29. The largest absolute Gasteiger partial charge is 0.467 e. The maximum Gasteiger partial charge on any atom is 0.270 e. The van der Waals surface area contributed by atoms with E-state index in [0.29, 0.717) is 12.2 Å². The maximum atomic E-state index is 13.0. The molecule has 1 heterocycles. The van der Waals surface area contributed by atoms with Gasteiger partial charge in [0.2, 0.25) is 10.0 Å². The van der Waals surface area contributed by atoms with Gasteiger partial charge in [-0.25, -0.2) is 13.1 Å². The fourth-order valence-electron chi connectivity index (χ4n) is 3.41. The maximum absolute atomic E-state index is 13.0. The lowest BCUT2D eigenvalue weighted by molar-refractivity contribution is -0.385. The Hall–Kier alpha value is -3.23. The summed E-state index contributed by atoms with van der Waals surface area (Å²) in [6.07, 6.45) is 7.60. The predicted octanol–water partition coefficient (Wildman–Crippen LogP) is 6.01. The van der Waals surface area contributed by atoms with Gasteiger partial charge in [-0.1, -0.05) is 55.3 Å². The van der Waals surface area contributed by atoms with Crippen molar-refractivity contribution in [2.24, 2.45) is 0 Å². The normalized spacial score (nSPS) is 12.4. The van der Waals surface area contributed by atoms with E-state index >= 15 is 0 Å². The Morgan fingerprint density at radius 1 is 1.03 bits per heavy atom. The molecule has 3 rings (SSSR count). The van der Waals surface area contributed by atoms with Crippen molar-refractivity contribution in [1.82, 2.24) is 4.72 Å². The van der Waals surface area contributed by atoms with Crippen LogP contribution in [0.3, 0.4) is 0 Å². The summed E-state index contributed by atoms with van der Waals surface area (Å²) in [6, 6.07) is 15.9. The average molecular weight is 455 g/mol. The first-order chi connectivity index (χ1) is 15.4. The first-order valence-electron chi connectivity index (χ1n) is 10.4. The SMILES string of the molecule is C=CCCCCCC(NS(=O)(=O)c1cccc([N+](=O)[O-])c1)c1cc(-c2ccccc2)co1. The van der Waals surface area contributed by atoms with E-state index in [2.05, 4.69) is 11.3 Å². The highest BCUT2D eigenvalue weighted by atomic mass is 32.2. The average Bonchev–Trinajstić information content (AvgIpc) is 3.29. The number of furan rings is 1. The lowest BCUT2D eigenvalue weighted by Crippen LogP contribution is -2.28. The third-order valence-corrected chi connectivity index (χ3v) is 6.58. The number of allylic oxidation sites excluding steroid dienone is 1. The summed E-state index contributed by atoms with van der Waals surface area (Å²) in [7, 11) is -4.00. The second kappa shape index (κ2) is 10.9. The van der Waals surface area contributed by atoms with Gasteiger partial charge >= 0.3 is 0 Å². The van der Waals surface area contributed by atoms with Crippen LogP contribution in [0.4, 0.5) is 5.69 Å². The van der Waals surface area contributed by atoms with Crippen LogP contribution in [-0.2, 0) is 10.0 Å². The van der Waals surface area contributed by atoms with E-state index in [-0.39, 0.29) is 10.6 Å². The zero-order valence-electron chi connectivity index (χ0n) is 17.6. The van der Waals surface area contributed by atoms with Gasteiger partial charge in [0, 0.05) is 17.7 Å². The Morgan fingerprint density at radius 3 is 2.53 bits per heavy atom. The number of nitro benzene ring substituents is 1. The Balaban J connectivity index is 1.84. The molecule has 0 spiro atoms. The first kappa shape index (κ1) is 23.4. The van der Waals surface area contributed by atoms with E-state index in [1.165, 1.54) is 18.2 Å². The number of benzene rings is 2. The monoisotopic (exact) mass is 454 g/mol. The molecule has 0 aliphatic heterocycles. The fourth-order valence-corrected chi connectivity index (χ4v) is 4.69. The van der Waals surface area contributed by atoms with Gasteiger partial charge in [0.1, 0.15) is 5.76 Å². The number of hydrogen-bond acceptors (Lipinski definition) is 5. The van der Waals surface area contributed by atoms with E-state index in [1.807, 2.05) is 42.5 Å². The standard InChI is InChI=1S/C24H26N2O5S/c1-2-3-4-5-9-15-23(24-16-20(18-31-24)19-11-7-6-8-12-19)25-32(29,30)22-14-10-13-21(17-22)26(27)28/h2,6-8,10-14,16-18,23,25H,1,3-5,9,15H2. The van der Waals surface area contributed by atoms with Crippen LogP contribution in [0.2, 0.25) is 0 Å². The van der Waals surface area contributed by atoms with E-state index in [0.717, 1.165) is 42.9 Å². The van der Waals surface area contributed by atoms with E-state index in [4.69, 9.17) is 4.42 Å². The van der Waals surface area contributed by atoms with Crippen LogP contribution >= 0.6 is 0 Å². The van der Waals surface area contributed by atoms with E-state index in [9.17, 15) is 18.5 Å². The molecular formula is C24H26N2O5S. The third kappa shape index (κ3) is 6.15. The lowest BCUT2D eigenvalue weighted by Gasteiger charge is -2.17. The zero-order chi connectivity index (χ0) is 23.0. The predicted molar refractivity (Wildman–Crippen MR) is 124 cm³/mol. The summed E-state index contributed by atoms with van der Waals surface area (Å²) in [5, 5.41) is 11.1. The quantitative estimate of drug-likeness (QED) is 0.156. The minimum Gasteiger partial charge on any atom is -0.467 e. The topological polar surface area (TPSA) is 102 Å². The molecule has 0 amide bonds. The van der Waals surface area contributed by atoms with Crippen molar-refractivity contribution in [1.29, 1.82) is 0 Å². The van der Waals surface area contributed by atoms with Gasteiger partial charge in [-0.05, 0) is 37.0 Å². The molecule has 3 aromatic rings. The summed E-state index contributed by atoms with van der Waals surface area (Å²) in [4.78, 5) is 10.3. The molecule has 168 valence electrons. The molecule has 1 atom stereocenters. The minimum absolute atomic E-state index is 0.154. The van der Waals surface area contributed by atoms with Crippen molar-refractivity contribution in [3.63, 3.8) is 0 Å². The molecule has 1 N–H and O–H groups in total. The molecule has 7 nitrogen and oxygen atoms in total. The van der Waals surface area contributed by atoms with Crippen LogP contribution in [0.5, 0.6) is 0 Å². The van der Waals surface area contributed by atoms with Crippen LogP contribution in [-0.4, -0.2) is 13.3 Å². The number of rotatable bonds is 12. The van der Waals surface area contributed by atoms with Crippen LogP contribution in [0.25, 0.3) is 11.1 Å². The molecule has 0 radical (unpaired) electrons. The fraction of sp³-hybridized carbons (Fsp3) is 0.250. The van der Waals surface area contributed by atoms with Crippen LogP contribution in [0, 0.1) is 10.1 Å². The number of non-ortho nitro benzene ring substituents is 1. The molecular weight excluding hydrogens is 428 g/mol. The summed E-state index contributed by atoms with van der Waals surface area (Å²) in [5.74, 6) is 0.501. The number of sulfonamides is 1. The molecule has 32 heavy (non-hydrogen) atoms. The summed E-state index contributed by atoms with van der Waals surface area (Å²) in [6.45, 7) is 3.72. The number of nitrogens with zero attached hydrogens (tertiary/aromatic N) is 1. The van der Waals surface area contributed by atoms with Gasteiger partial charge in [-0.3, -0.25) is 10.1 Å². The molecule has 0 aliphatic carbocycles. The van der Waals surface area contributed by atoms with E-state index < -0.39 is 21.0 Å². The van der Waals surface area contributed by atoms with Gasteiger partial charge in [-0.15, -0.1) is 6.58 Å². The molecule has 1 aromatic heterocycles. The molecule has 0 saturated heterocycles. The second-order valence-electron chi connectivity index (χ2n) is 7.46. The van der Waals surface area contributed by atoms with Crippen LogP contribution in [0.15, 0.2) is 88.9 Å². The molecule has 0 aliphatic rings. The zero-order valence-corrected chi connectivity index (χ0v) is 18.5. The number of hydrogen-bond donors (Lipinski definition) is 1. The second-order valence-corrected chi connectivity index (χ2v) is 9.17. The lowest BCUT2D eigenvalue weighted by atomic mass is 10.0. The van der Waals surface area contributed by atoms with Gasteiger partial charge in [0.25, 0.3) is 5.69 Å². The summed E-state index contributed by atoms with van der Waals surface area (Å²) >= 11 is 0. The van der Waals surface area contributed by atoms with Crippen LogP contribution < -0.4 is 4.72 Å². The van der Waals surface area contributed by atoms with Crippen molar-refractivity contribution >= 4 is 15.7 Å². The van der Waals surface area contributed by atoms with Crippen molar-refractivity contribution in [3.05, 3.63) is 95.5 Å². The molecule has 0 saturated carbocycles. The molecule has 2 aromatic carbocycles. The van der Waals surface area contributed by atoms with Crippen molar-refractivity contribution in [2.75, 3.05) is 0 Å². The third-order valence-electron chi connectivity index (χ3n) is 5.11.